The molecule has 0 saturated carbocycles. The third-order valence-electron chi connectivity index (χ3n) is 2.55. The van der Waals surface area contributed by atoms with Crippen LogP contribution in [0.25, 0.3) is 0 Å². The number of guanidine groups is 1. The minimum absolute atomic E-state index is 0.717. The Balaban J connectivity index is 1.61. The van der Waals surface area contributed by atoms with E-state index in [0.29, 0.717) is 0 Å². The van der Waals surface area contributed by atoms with E-state index in [4.69, 9.17) is 5.73 Å². The van der Waals surface area contributed by atoms with Crippen LogP contribution >= 0.6 is 34.9 Å². The van der Waals surface area contributed by atoms with E-state index in [1.165, 1.54) is 0 Å². The van der Waals surface area contributed by atoms with Gasteiger partial charge in [-0.25, -0.2) is 4.98 Å². The largest absolute Gasteiger partial charge is 0.370 e. The summed E-state index contributed by atoms with van der Waals surface area (Å²) in [6, 6.07) is 0. The zero-order valence-corrected chi connectivity index (χ0v) is 12.7. The lowest BCUT2D eigenvalue weighted by atomic mass is 10.5. The van der Waals surface area contributed by atoms with Crippen LogP contribution in [0.15, 0.2) is 20.9 Å². The van der Waals surface area contributed by atoms with Crippen molar-refractivity contribution in [3.8, 4) is 0 Å². The molecule has 0 atom stereocenters. The normalized spacial score (nSPS) is 17.1. The molecular formula is C11H18N4S3. The fraction of sp³-hybridized carbons (Fsp3) is 0.636. The van der Waals surface area contributed by atoms with E-state index in [-0.39, 0.29) is 0 Å². The first kappa shape index (κ1) is 14.0. The maximum absolute atomic E-state index is 5.97. The highest BCUT2D eigenvalue weighted by atomic mass is 32.2. The summed E-state index contributed by atoms with van der Waals surface area (Å²) in [6.07, 6.45) is 2.89. The molecule has 0 unspecified atom stereocenters. The quantitative estimate of drug-likeness (QED) is 0.390. The molecule has 1 fully saturated rings. The topological polar surface area (TPSA) is 54.5 Å². The number of nitrogens with two attached hydrogens (primary N) is 1. The molecule has 1 aromatic rings. The van der Waals surface area contributed by atoms with Crippen molar-refractivity contribution in [1.29, 1.82) is 0 Å². The van der Waals surface area contributed by atoms with Crippen LogP contribution in [-0.2, 0) is 0 Å². The predicted molar refractivity (Wildman–Crippen MR) is 82.8 cm³/mol. The maximum atomic E-state index is 5.97. The van der Waals surface area contributed by atoms with E-state index in [0.717, 1.165) is 53.6 Å². The van der Waals surface area contributed by atoms with Crippen LogP contribution in [0.3, 0.4) is 0 Å². The summed E-state index contributed by atoms with van der Waals surface area (Å²) < 4.78 is 1.14. The molecule has 1 aromatic heterocycles. The molecular weight excluding hydrogens is 284 g/mol. The Hall–Kier alpha value is -0.400. The zero-order chi connectivity index (χ0) is 12.6. The highest BCUT2D eigenvalue weighted by Gasteiger charge is 2.11. The molecule has 1 saturated heterocycles. The second-order valence-corrected chi connectivity index (χ2v) is 7.30. The fourth-order valence-corrected chi connectivity index (χ4v) is 4.13. The fourth-order valence-electron chi connectivity index (χ4n) is 1.59. The Morgan fingerprint density at radius 2 is 2.33 bits per heavy atom. The Bertz CT molecular complexity index is 360. The standard InChI is InChI=1S/C11H18N4S3/c12-10(15-4-8-16-9-5-15)13-2-1-6-17-11-14-3-7-18-11/h3,7H,1-2,4-6,8-9H2,(H2,12,13). The Morgan fingerprint density at radius 3 is 3.06 bits per heavy atom. The molecule has 0 radical (unpaired) electrons. The SMILES string of the molecule is NC(=NCCCSc1nccs1)N1CCSCC1. The lowest BCUT2D eigenvalue weighted by molar-refractivity contribution is 0.456. The summed E-state index contributed by atoms with van der Waals surface area (Å²) in [7, 11) is 0. The first-order valence-electron chi connectivity index (χ1n) is 6.01. The van der Waals surface area contributed by atoms with E-state index in [1.54, 1.807) is 23.1 Å². The van der Waals surface area contributed by atoms with Crippen molar-refractivity contribution in [2.24, 2.45) is 10.7 Å². The molecule has 1 aliphatic heterocycles. The van der Waals surface area contributed by atoms with Gasteiger partial charge in [0, 0.05) is 48.5 Å². The van der Waals surface area contributed by atoms with Crippen LogP contribution in [0.2, 0.25) is 0 Å². The molecule has 7 heteroatoms. The second-order valence-electron chi connectivity index (χ2n) is 3.84. The molecule has 2 N–H and O–H groups in total. The van der Waals surface area contributed by atoms with Gasteiger partial charge < -0.3 is 10.6 Å². The molecule has 4 nitrogen and oxygen atoms in total. The van der Waals surface area contributed by atoms with Gasteiger partial charge in [-0.15, -0.1) is 11.3 Å². The van der Waals surface area contributed by atoms with Gasteiger partial charge in [0.05, 0.1) is 0 Å². The summed E-state index contributed by atoms with van der Waals surface area (Å²) in [5.74, 6) is 4.10. The maximum Gasteiger partial charge on any atom is 0.191 e. The van der Waals surface area contributed by atoms with Gasteiger partial charge in [-0.2, -0.15) is 11.8 Å². The van der Waals surface area contributed by atoms with Crippen molar-refractivity contribution in [3.05, 3.63) is 11.6 Å². The van der Waals surface area contributed by atoms with Crippen LogP contribution < -0.4 is 5.73 Å². The van der Waals surface area contributed by atoms with Crippen LogP contribution in [-0.4, -0.2) is 52.7 Å². The van der Waals surface area contributed by atoms with E-state index in [1.807, 2.05) is 23.3 Å². The summed E-state index contributed by atoms with van der Waals surface area (Å²) in [6.45, 7) is 2.88. The Kier molecular flexibility index (Phi) is 6.16. The van der Waals surface area contributed by atoms with Gasteiger partial charge in [-0.05, 0) is 6.42 Å². The van der Waals surface area contributed by atoms with E-state index in [2.05, 4.69) is 14.9 Å². The number of nitrogens with zero attached hydrogens (tertiary/aromatic N) is 3. The summed E-state index contributed by atoms with van der Waals surface area (Å²) in [5, 5.41) is 2.01. The smallest absolute Gasteiger partial charge is 0.191 e. The molecule has 18 heavy (non-hydrogen) atoms. The molecule has 0 bridgehead atoms. The Morgan fingerprint density at radius 1 is 1.50 bits per heavy atom. The first-order valence-corrected chi connectivity index (χ1v) is 9.03. The summed E-state index contributed by atoms with van der Waals surface area (Å²) in [5.41, 5.74) is 5.97. The molecule has 0 spiro atoms. The summed E-state index contributed by atoms with van der Waals surface area (Å²) in [4.78, 5) is 10.9. The van der Waals surface area contributed by atoms with Crippen molar-refractivity contribution < 1.29 is 0 Å². The number of hydrogen-bond donors (Lipinski definition) is 1. The van der Waals surface area contributed by atoms with Crippen molar-refractivity contribution in [2.75, 3.05) is 36.9 Å². The Labute approximate surface area is 120 Å². The van der Waals surface area contributed by atoms with Crippen LogP contribution in [0.1, 0.15) is 6.42 Å². The van der Waals surface area contributed by atoms with Crippen molar-refractivity contribution in [3.63, 3.8) is 0 Å². The van der Waals surface area contributed by atoms with Crippen LogP contribution in [0.5, 0.6) is 0 Å². The van der Waals surface area contributed by atoms with Crippen molar-refractivity contribution in [2.45, 2.75) is 10.8 Å². The predicted octanol–water partition coefficient (Wildman–Crippen LogP) is 1.99. The number of rotatable bonds is 5. The van der Waals surface area contributed by atoms with Gasteiger partial charge >= 0.3 is 0 Å². The van der Waals surface area contributed by atoms with Gasteiger partial charge in [0.25, 0.3) is 0 Å². The van der Waals surface area contributed by atoms with E-state index < -0.39 is 0 Å². The molecule has 0 aliphatic carbocycles. The van der Waals surface area contributed by atoms with Gasteiger partial charge in [-0.1, -0.05) is 11.8 Å². The average Bonchev–Trinajstić information content (AvgIpc) is 2.92. The van der Waals surface area contributed by atoms with Crippen molar-refractivity contribution >= 4 is 40.8 Å². The average molecular weight is 302 g/mol. The third-order valence-corrected chi connectivity index (χ3v) is 5.54. The number of thiazole rings is 1. The third kappa shape index (κ3) is 4.70. The number of thioether (sulfide) groups is 2. The number of aromatic nitrogens is 1. The lowest BCUT2D eigenvalue weighted by Gasteiger charge is -2.27. The van der Waals surface area contributed by atoms with Crippen LogP contribution in [0, 0.1) is 0 Å². The highest BCUT2D eigenvalue weighted by Crippen LogP contribution is 2.20. The molecule has 0 amide bonds. The van der Waals surface area contributed by atoms with E-state index >= 15 is 0 Å². The molecule has 2 rings (SSSR count). The molecule has 100 valence electrons. The van der Waals surface area contributed by atoms with Crippen molar-refractivity contribution in [1.82, 2.24) is 9.88 Å². The minimum Gasteiger partial charge on any atom is -0.370 e. The first-order chi connectivity index (χ1) is 8.86. The van der Waals surface area contributed by atoms with Gasteiger partial charge in [0.1, 0.15) is 4.34 Å². The molecule has 2 heterocycles. The lowest BCUT2D eigenvalue weighted by Crippen LogP contribution is -2.42. The number of hydrogen-bond acceptors (Lipinski definition) is 5. The second kappa shape index (κ2) is 7.91. The monoisotopic (exact) mass is 302 g/mol. The number of aliphatic imine (C=N–C) groups is 1. The van der Waals surface area contributed by atoms with E-state index in [9.17, 15) is 0 Å². The summed E-state index contributed by atoms with van der Waals surface area (Å²) >= 11 is 5.47. The van der Waals surface area contributed by atoms with Crippen LogP contribution in [0.4, 0.5) is 0 Å². The zero-order valence-electron chi connectivity index (χ0n) is 10.2. The van der Waals surface area contributed by atoms with Gasteiger partial charge in [0.15, 0.2) is 5.96 Å². The highest BCUT2D eigenvalue weighted by molar-refractivity contribution is 8.01. The van der Waals surface area contributed by atoms with Gasteiger partial charge in [-0.3, -0.25) is 4.99 Å². The van der Waals surface area contributed by atoms with Gasteiger partial charge in [0.2, 0.25) is 0 Å². The molecule has 1 aliphatic rings. The molecule has 0 aromatic carbocycles. The minimum atomic E-state index is 0.717.